The summed E-state index contributed by atoms with van der Waals surface area (Å²) in [5.41, 5.74) is -0.299. The van der Waals surface area contributed by atoms with Crippen LogP contribution in [0, 0.1) is 5.92 Å². The van der Waals surface area contributed by atoms with E-state index in [-0.39, 0.29) is 5.60 Å². The van der Waals surface area contributed by atoms with E-state index in [2.05, 4.69) is 13.8 Å². The van der Waals surface area contributed by atoms with Gasteiger partial charge in [-0.2, -0.15) is 0 Å². The molecule has 1 heteroatoms. The van der Waals surface area contributed by atoms with Gasteiger partial charge in [-0.25, -0.2) is 0 Å². The third-order valence-corrected chi connectivity index (χ3v) is 4.00. The first-order valence-corrected chi connectivity index (χ1v) is 6.92. The largest absolute Gasteiger partial charge is 0.390 e. The zero-order valence-electron chi connectivity index (χ0n) is 10.6. The van der Waals surface area contributed by atoms with Crippen molar-refractivity contribution in [2.24, 2.45) is 5.92 Å². The van der Waals surface area contributed by atoms with E-state index in [0.29, 0.717) is 0 Å². The molecule has 1 N–H and O–H groups in total. The Balaban J connectivity index is 2.24. The highest BCUT2D eigenvalue weighted by Crippen LogP contribution is 2.37. The summed E-state index contributed by atoms with van der Waals surface area (Å²) in [5, 5.41) is 10.5. The molecular formula is C14H28O. The van der Waals surface area contributed by atoms with Crippen LogP contribution >= 0.6 is 0 Å². The topological polar surface area (TPSA) is 20.2 Å². The number of aliphatic hydroxyl groups is 1. The molecule has 1 nitrogen and oxygen atoms in total. The maximum atomic E-state index is 10.5. The van der Waals surface area contributed by atoms with Crippen molar-refractivity contribution in [2.45, 2.75) is 83.7 Å². The van der Waals surface area contributed by atoms with Crippen LogP contribution in [0.25, 0.3) is 0 Å². The first-order chi connectivity index (χ1) is 7.20. The number of hydrogen-bond acceptors (Lipinski definition) is 1. The van der Waals surface area contributed by atoms with Crippen LogP contribution in [0.2, 0.25) is 0 Å². The van der Waals surface area contributed by atoms with E-state index >= 15 is 0 Å². The average Bonchev–Trinajstić information content (AvgIpc) is 2.24. The third-order valence-electron chi connectivity index (χ3n) is 4.00. The molecule has 1 saturated carbocycles. The van der Waals surface area contributed by atoms with Crippen LogP contribution in [0.15, 0.2) is 0 Å². The highest BCUT2D eigenvalue weighted by Gasteiger charge is 2.32. The summed E-state index contributed by atoms with van der Waals surface area (Å²) in [5.74, 6) is 0.787. The Bertz CT molecular complexity index is 167. The molecule has 0 amide bonds. The third kappa shape index (κ3) is 4.55. The fourth-order valence-corrected chi connectivity index (χ4v) is 2.92. The van der Waals surface area contributed by atoms with E-state index < -0.39 is 0 Å². The first-order valence-electron chi connectivity index (χ1n) is 6.92. The van der Waals surface area contributed by atoms with Crippen molar-refractivity contribution < 1.29 is 5.11 Å². The monoisotopic (exact) mass is 212 g/mol. The van der Waals surface area contributed by atoms with Crippen molar-refractivity contribution >= 4 is 0 Å². The van der Waals surface area contributed by atoms with Crippen LogP contribution < -0.4 is 0 Å². The molecule has 0 heterocycles. The van der Waals surface area contributed by atoms with Gasteiger partial charge in [-0.3, -0.25) is 0 Å². The van der Waals surface area contributed by atoms with E-state index in [1.54, 1.807) is 0 Å². The molecule has 1 fully saturated rings. The van der Waals surface area contributed by atoms with E-state index in [1.807, 2.05) is 0 Å². The minimum absolute atomic E-state index is 0.299. The van der Waals surface area contributed by atoms with Gasteiger partial charge in [0.05, 0.1) is 5.60 Å². The second-order valence-corrected chi connectivity index (χ2v) is 5.41. The van der Waals surface area contributed by atoms with Gasteiger partial charge in [0.1, 0.15) is 0 Å². The average molecular weight is 212 g/mol. The maximum absolute atomic E-state index is 10.5. The van der Waals surface area contributed by atoms with Crippen LogP contribution in [0.5, 0.6) is 0 Å². The smallest absolute Gasteiger partial charge is 0.0650 e. The molecule has 0 bridgehead atoms. The molecule has 0 saturated heterocycles. The number of hydrogen-bond donors (Lipinski definition) is 1. The molecule has 15 heavy (non-hydrogen) atoms. The quantitative estimate of drug-likeness (QED) is 0.651. The second-order valence-electron chi connectivity index (χ2n) is 5.41. The summed E-state index contributed by atoms with van der Waals surface area (Å²) < 4.78 is 0. The van der Waals surface area contributed by atoms with Crippen LogP contribution in [-0.2, 0) is 0 Å². The van der Waals surface area contributed by atoms with Gasteiger partial charge in [0, 0.05) is 0 Å². The first kappa shape index (κ1) is 13.0. The summed E-state index contributed by atoms with van der Waals surface area (Å²) in [7, 11) is 0. The van der Waals surface area contributed by atoms with Gasteiger partial charge in [-0.1, -0.05) is 58.8 Å². The molecular weight excluding hydrogens is 184 g/mol. The van der Waals surface area contributed by atoms with Crippen molar-refractivity contribution in [3.63, 3.8) is 0 Å². The molecule has 0 aromatic carbocycles. The summed E-state index contributed by atoms with van der Waals surface area (Å²) in [6.07, 6.45) is 12.1. The van der Waals surface area contributed by atoms with E-state index in [4.69, 9.17) is 0 Å². The zero-order valence-corrected chi connectivity index (χ0v) is 10.6. The van der Waals surface area contributed by atoms with Crippen molar-refractivity contribution in [3.05, 3.63) is 0 Å². The molecule has 1 rings (SSSR count). The fourth-order valence-electron chi connectivity index (χ4n) is 2.92. The minimum atomic E-state index is -0.299. The molecule has 1 aliphatic carbocycles. The van der Waals surface area contributed by atoms with Crippen molar-refractivity contribution in [2.75, 3.05) is 0 Å². The Hall–Kier alpha value is -0.0400. The molecule has 0 aromatic rings. The molecule has 0 spiro atoms. The van der Waals surface area contributed by atoms with Crippen molar-refractivity contribution in [3.8, 4) is 0 Å². The highest BCUT2D eigenvalue weighted by molar-refractivity contribution is 4.85. The van der Waals surface area contributed by atoms with Crippen molar-refractivity contribution in [1.82, 2.24) is 0 Å². The lowest BCUT2D eigenvalue weighted by molar-refractivity contribution is -0.0255. The highest BCUT2D eigenvalue weighted by atomic mass is 16.3. The molecule has 90 valence electrons. The minimum Gasteiger partial charge on any atom is -0.390 e. The van der Waals surface area contributed by atoms with Gasteiger partial charge in [0.25, 0.3) is 0 Å². The predicted octanol–water partition coefficient (Wildman–Crippen LogP) is 4.29. The second kappa shape index (κ2) is 6.52. The molecule has 0 aromatic heterocycles. The van der Waals surface area contributed by atoms with Crippen LogP contribution in [0.1, 0.15) is 78.1 Å². The van der Waals surface area contributed by atoms with E-state index in [0.717, 1.165) is 25.2 Å². The number of unbranched alkanes of at least 4 members (excludes halogenated alkanes) is 3. The molecule has 0 aliphatic heterocycles. The lowest BCUT2D eigenvalue weighted by Crippen LogP contribution is -2.35. The van der Waals surface area contributed by atoms with E-state index in [9.17, 15) is 5.11 Å². The fraction of sp³-hybridized carbons (Fsp3) is 1.00. The normalized spacial score (nSPS) is 31.8. The summed E-state index contributed by atoms with van der Waals surface area (Å²) in [6.45, 7) is 4.50. The Kier molecular flexibility index (Phi) is 5.66. The van der Waals surface area contributed by atoms with Gasteiger partial charge in [-0.15, -0.1) is 0 Å². The lowest BCUT2D eigenvalue weighted by Gasteiger charge is -2.36. The Morgan fingerprint density at radius 1 is 1.20 bits per heavy atom. The van der Waals surface area contributed by atoms with Crippen LogP contribution in [0.4, 0.5) is 0 Å². The van der Waals surface area contributed by atoms with Gasteiger partial charge in [-0.05, 0) is 25.2 Å². The van der Waals surface area contributed by atoms with Gasteiger partial charge in [0.15, 0.2) is 0 Å². The van der Waals surface area contributed by atoms with Gasteiger partial charge in [0.2, 0.25) is 0 Å². The molecule has 1 aliphatic rings. The maximum Gasteiger partial charge on any atom is 0.0650 e. The Morgan fingerprint density at radius 3 is 2.67 bits per heavy atom. The van der Waals surface area contributed by atoms with Crippen LogP contribution in [-0.4, -0.2) is 10.7 Å². The molecule has 0 radical (unpaired) electrons. The standard InChI is InChI=1S/C14H28O/c1-3-5-6-7-10-14(15)11-8-9-13(4-2)12-14/h13,15H,3-12H2,1-2H3. The SMILES string of the molecule is CCCCCCC1(O)CCCC(CC)C1. The Morgan fingerprint density at radius 2 is 2.00 bits per heavy atom. The molecule has 2 atom stereocenters. The summed E-state index contributed by atoms with van der Waals surface area (Å²) in [4.78, 5) is 0. The zero-order chi connectivity index (χ0) is 11.1. The van der Waals surface area contributed by atoms with Crippen LogP contribution in [0.3, 0.4) is 0 Å². The van der Waals surface area contributed by atoms with Crippen molar-refractivity contribution in [1.29, 1.82) is 0 Å². The predicted molar refractivity (Wildman–Crippen MR) is 66.0 cm³/mol. The Labute approximate surface area is 95.3 Å². The lowest BCUT2D eigenvalue weighted by atomic mass is 9.75. The number of rotatable bonds is 6. The van der Waals surface area contributed by atoms with E-state index in [1.165, 1.54) is 44.9 Å². The summed E-state index contributed by atoms with van der Waals surface area (Å²) >= 11 is 0. The van der Waals surface area contributed by atoms with Gasteiger partial charge < -0.3 is 5.11 Å². The molecule has 2 unspecified atom stereocenters. The summed E-state index contributed by atoms with van der Waals surface area (Å²) in [6, 6.07) is 0. The van der Waals surface area contributed by atoms with Gasteiger partial charge >= 0.3 is 0 Å².